The molecule has 0 aromatic heterocycles. The van der Waals surface area contributed by atoms with E-state index in [1.807, 2.05) is 0 Å². The fourth-order valence-electron chi connectivity index (χ4n) is 0.158. The summed E-state index contributed by atoms with van der Waals surface area (Å²) in [7, 11) is 1.58. The standard InChI is InChI=1S/C4H7NOS/c1-5-3-4(6)7-2/h3H,1-2H3. The first-order valence-electron chi connectivity index (χ1n) is 1.81. The average molecular weight is 117 g/mol. The second kappa shape index (κ2) is 3.87. The van der Waals surface area contributed by atoms with Crippen molar-refractivity contribution < 1.29 is 4.79 Å². The van der Waals surface area contributed by atoms with Crippen molar-refractivity contribution in [2.24, 2.45) is 4.99 Å². The number of aliphatic imine (C=N–C) groups is 1. The molecule has 0 amide bonds. The molecule has 0 spiro atoms. The zero-order valence-electron chi connectivity index (χ0n) is 4.34. The van der Waals surface area contributed by atoms with E-state index < -0.39 is 0 Å². The first-order valence-corrected chi connectivity index (χ1v) is 3.04. The van der Waals surface area contributed by atoms with Crippen molar-refractivity contribution in [3.8, 4) is 0 Å². The average Bonchev–Trinajstić information content (AvgIpc) is 1.68. The zero-order valence-corrected chi connectivity index (χ0v) is 5.16. The zero-order chi connectivity index (χ0) is 5.70. The third kappa shape index (κ3) is 3.52. The topological polar surface area (TPSA) is 29.4 Å². The van der Waals surface area contributed by atoms with Gasteiger partial charge in [0.1, 0.15) is 0 Å². The summed E-state index contributed by atoms with van der Waals surface area (Å²) in [5, 5.41) is 0.00231. The maximum absolute atomic E-state index is 10.2. The van der Waals surface area contributed by atoms with Crippen molar-refractivity contribution >= 4 is 23.1 Å². The van der Waals surface area contributed by atoms with Crippen molar-refractivity contribution in [1.29, 1.82) is 0 Å². The number of carbonyl (C=O) groups is 1. The Bertz CT molecular complexity index is 89.7. The van der Waals surface area contributed by atoms with E-state index in [0.29, 0.717) is 0 Å². The second-order valence-corrected chi connectivity index (χ2v) is 1.72. The summed E-state index contributed by atoms with van der Waals surface area (Å²) in [5.41, 5.74) is 0. The van der Waals surface area contributed by atoms with E-state index in [1.54, 1.807) is 13.3 Å². The third-order valence-corrected chi connectivity index (χ3v) is 0.943. The van der Waals surface area contributed by atoms with Gasteiger partial charge in [0.25, 0.3) is 0 Å². The number of hydrogen-bond acceptors (Lipinski definition) is 3. The van der Waals surface area contributed by atoms with Gasteiger partial charge in [-0.1, -0.05) is 11.8 Å². The lowest BCUT2D eigenvalue weighted by Crippen LogP contribution is -1.88. The molecule has 40 valence electrons. The highest BCUT2D eigenvalue weighted by Gasteiger charge is 1.86. The van der Waals surface area contributed by atoms with E-state index in [1.165, 1.54) is 6.21 Å². The summed E-state index contributed by atoms with van der Waals surface area (Å²) in [6.07, 6.45) is 3.02. The summed E-state index contributed by atoms with van der Waals surface area (Å²) in [6.45, 7) is 0. The maximum atomic E-state index is 10.2. The van der Waals surface area contributed by atoms with Crippen LogP contribution in [0.1, 0.15) is 0 Å². The highest BCUT2D eigenvalue weighted by atomic mass is 32.2. The van der Waals surface area contributed by atoms with E-state index in [4.69, 9.17) is 0 Å². The molecule has 3 heteroatoms. The second-order valence-electron chi connectivity index (χ2n) is 0.910. The van der Waals surface area contributed by atoms with Crippen molar-refractivity contribution in [3.05, 3.63) is 0 Å². The Kier molecular flexibility index (Phi) is 3.69. The minimum absolute atomic E-state index is 0.00231. The number of thioether (sulfide) groups is 1. The van der Waals surface area contributed by atoms with Crippen LogP contribution in [0.15, 0.2) is 4.99 Å². The Morgan fingerprint density at radius 3 is 2.57 bits per heavy atom. The van der Waals surface area contributed by atoms with Gasteiger partial charge in [-0.3, -0.25) is 9.79 Å². The summed E-state index contributed by atoms with van der Waals surface area (Å²) in [4.78, 5) is 13.7. The van der Waals surface area contributed by atoms with E-state index >= 15 is 0 Å². The molecular weight excluding hydrogens is 110 g/mol. The van der Waals surface area contributed by atoms with Crippen LogP contribution in [0.5, 0.6) is 0 Å². The van der Waals surface area contributed by atoms with E-state index in [9.17, 15) is 4.79 Å². The van der Waals surface area contributed by atoms with Gasteiger partial charge in [-0.15, -0.1) is 0 Å². The monoisotopic (exact) mass is 117 g/mol. The van der Waals surface area contributed by atoms with Crippen molar-refractivity contribution in [2.45, 2.75) is 0 Å². The fraction of sp³-hybridized carbons (Fsp3) is 0.500. The van der Waals surface area contributed by atoms with Gasteiger partial charge in [0.15, 0.2) is 0 Å². The molecule has 0 radical (unpaired) electrons. The number of hydrogen-bond donors (Lipinski definition) is 0. The molecule has 0 saturated heterocycles. The van der Waals surface area contributed by atoms with E-state index in [2.05, 4.69) is 4.99 Å². The van der Waals surface area contributed by atoms with Crippen molar-refractivity contribution in [3.63, 3.8) is 0 Å². The number of nitrogens with zero attached hydrogens (tertiary/aromatic N) is 1. The summed E-state index contributed by atoms with van der Waals surface area (Å²) < 4.78 is 0. The molecule has 0 atom stereocenters. The molecule has 0 heterocycles. The maximum Gasteiger partial charge on any atom is 0.229 e. The van der Waals surface area contributed by atoms with Crippen LogP contribution >= 0.6 is 11.8 Å². The van der Waals surface area contributed by atoms with Crippen LogP contribution in [0, 0.1) is 0 Å². The third-order valence-electron chi connectivity index (χ3n) is 0.436. The highest BCUT2D eigenvalue weighted by molar-refractivity contribution is 8.14. The molecule has 0 rings (SSSR count). The summed E-state index contributed by atoms with van der Waals surface area (Å²) in [5.74, 6) is 0. The Hall–Kier alpha value is -0.310. The van der Waals surface area contributed by atoms with Gasteiger partial charge >= 0.3 is 0 Å². The van der Waals surface area contributed by atoms with Gasteiger partial charge in [0, 0.05) is 7.05 Å². The molecule has 0 aliphatic carbocycles. The first kappa shape index (κ1) is 6.69. The van der Waals surface area contributed by atoms with Gasteiger partial charge in [-0.2, -0.15) is 0 Å². The Balaban J connectivity index is 3.37. The first-order chi connectivity index (χ1) is 3.31. The van der Waals surface area contributed by atoms with Crippen LogP contribution in [0.2, 0.25) is 0 Å². The molecule has 2 nitrogen and oxygen atoms in total. The van der Waals surface area contributed by atoms with Crippen LogP contribution in [-0.2, 0) is 4.79 Å². The van der Waals surface area contributed by atoms with Crippen LogP contribution in [0.4, 0.5) is 0 Å². The predicted molar refractivity (Wildman–Crippen MR) is 32.9 cm³/mol. The smallest absolute Gasteiger partial charge is 0.229 e. The van der Waals surface area contributed by atoms with Gasteiger partial charge in [-0.05, 0) is 6.26 Å². The minimum atomic E-state index is 0.00231. The van der Waals surface area contributed by atoms with E-state index in [-0.39, 0.29) is 5.12 Å². The molecular formula is C4H7NOS. The summed E-state index contributed by atoms with van der Waals surface area (Å²) >= 11 is 1.16. The molecule has 0 aromatic rings. The SMILES string of the molecule is CN=CC(=O)SC. The molecule has 7 heavy (non-hydrogen) atoms. The predicted octanol–water partition coefficient (Wildman–Crippen LogP) is 0.577. The molecule has 0 fully saturated rings. The summed E-state index contributed by atoms with van der Waals surface area (Å²) in [6, 6.07) is 0. The number of carbonyl (C=O) groups excluding carboxylic acids is 1. The Labute approximate surface area is 47.0 Å². The van der Waals surface area contributed by atoms with Gasteiger partial charge < -0.3 is 0 Å². The lowest BCUT2D eigenvalue weighted by molar-refractivity contribution is -0.105. The lowest BCUT2D eigenvalue weighted by atomic mass is 10.8. The quantitative estimate of drug-likeness (QED) is 0.470. The fourth-order valence-corrected chi connectivity index (χ4v) is 0.369. The van der Waals surface area contributed by atoms with Gasteiger partial charge in [0.2, 0.25) is 5.12 Å². The molecule has 0 unspecified atom stereocenters. The van der Waals surface area contributed by atoms with Crippen LogP contribution in [0.25, 0.3) is 0 Å². The van der Waals surface area contributed by atoms with Crippen molar-refractivity contribution in [1.82, 2.24) is 0 Å². The van der Waals surface area contributed by atoms with Crippen LogP contribution in [-0.4, -0.2) is 24.6 Å². The molecule has 0 aliphatic rings. The van der Waals surface area contributed by atoms with Gasteiger partial charge in [0.05, 0.1) is 6.21 Å². The molecule has 0 bridgehead atoms. The lowest BCUT2D eigenvalue weighted by Gasteiger charge is -1.77. The Morgan fingerprint density at radius 1 is 1.86 bits per heavy atom. The highest BCUT2D eigenvalue weighted by Crippen LogP contribution is 1.88. The van der Waals surface area contributed by atoms with Gasteiger partial charge in [-0.25, -0.2) is 0 Å². The van der Waals surface area contributed by atoms with Crippen LogP contribution in [0.3, 0.4) is 0 Å². The van der Waals surface area contributed by atoms with Crippen molar-refractivity contribution in [2.75, 3.05) is 13.3 Å². The molecule has 0 aromatic carbocycles. The molecule has 0 saturated carbocycles. The number of rotatable bonds is 1. The van der Waals surface area contributed by atoms with Crippen LogP contribution < -0.4 is 0 Å². The molecule has 0 N–H and O–H groups in total. The molecule has 0 aliphatic heterocycles. The Morgan fingerprint density at radius 2 is 2.43 bits per heavy atom. The largest absolute Gasteiger partial charge is 0.292 e. The van der Waals surface area contributed by atoms with E-state index in [0.717, 1.165) is 11.8 Å². The normalized spacial score (nSPS) is 10.0. The minimum Gasteiger partial charge on any atom is -0.292 e.